The van der Waals surface area contributed by atoms with Crippen LogP contribution in [-0.2, 0) is 25.3 Å². The zero-order valence-electron chi connectivity index (χ0n) is 26.0. The zero-order chi connectivity index (χ0) is 28.7. The van der Waals surface area contributed by atoms with E-state index in [9.17, 15) is 0 Å². The van der Waals surface area contributed by atoms with Crippen LogP contribution >= 0.6 is 0 Å². The van der Waals surface area contributed by atoms with Crippen molar-refractivity contribution in [1.29, 1.82) is 0 Å². The highest BCUT2D eigenvalue weighted by Gasteiger charge is 2.34. The average Bonchev–Trinajstić information content (AvgIpc) is 2.85. The van der Waals surface area contributed by atoms with Gasteiger partial charge in [0.25, 0.3) is 0 Å². The predicted octanol–water partition coefficient (Wildman–Crippen LogP) is 10.1. The van der Waals surface area contributed by atoms with E-state index in [0.717, 1.165) is 24.3 Å². The maximum atomic E-state index is 7.03. The van der Waals surface area contributed by atoms with Crippen LogP contribution in [0.2, 0.25) is 0 Å². The van der Waals surface area contributed by atoms with Crippen LogP contribution in [0.5, 0.6) is 11.5 Å². The Bertz CT molecular complexity index is 1830. The van der Waals surface area contributed by atoms with Gasteiger partial charge in [-0.05, 0) is 86.9 Å². The fraction of sp³-hybridized carbons (Fsp3) is 0.395. The third kappa shape index (κ3) is 4.37. The molecule has 0 spiro atoms. The molecular weight excluding hydrogens is 486 g/mol. The Morgan fingerprint density at radius 2 is 1.57 bits per heavy atom. The molecule has 6 rings (SSSR count). The van der Waals surface area contributed by atoms with Gasteiger partial charge < -0.3 is 4.74 Å². The summed E-state index contributed by atoms with van der Waals surface area (Å²) in [6.07, 6.45) is 4.28. The van der Waals surface area contributed by atoms with Gasteiger partial charge in [0.1, 0.15) is 18.5 Å². The van der Waals surface area contributed by atoms with Crippen molar-refractivity contribution in [2.24, 2.45) is 18.4 Å². The van der Waals surface area contributed by atoms with E-state index in [2.05, 4.69) is 129 Å². The Hall–Kier alpha value is -3.39. The molecule has 0 atom stereocenters. The van der Waals surface area contributed by atoms with Crippen molar-refractivity contribution < 1.29 is 9.30 Å². The van der Waals surface area contributed by atoms with Crippen molar-refractivity contribution in [1.82, 2.24) is 0 Å². The second-order valence-electron chi connectivity index (χ2n) is 14.7. The van der Waals surface area contributed by atoms with Crippen molar-refractivity contribution in [3.05, 3.63) is 77.0 Å². The van der Waals surface area contributed by atoms with Crippen molar-refractivity contribution in [3.63, 3.8) is 0 Å². The van der Waals surface area contributed by atoms with Gasteiger partial charge in [0.05, 0.1) is 10.9 Å². The van der Waals surface area contributed by atoms with E-state index >= 15 is 0 Å². The lowest BCUT2D eigenvalue weighted by molar-refractivity contribution is -0.659. The van der Waals surface area contributed by atoms with Crippen molar-refractivity contribution in [3.8, 4) is 22.8 Å². The van der Waals surface area contributed by atoms with Crippen molar-refractivity contribution in [2.75, 3.05) is 0 Å². The molecule has 0 fully saturated rings. The van der Waals surface area contributed by atoms with Crippen LogP contribution in [0.15, 0.2) is 54.7 Å². The predicted molar refractivity (Wildman–Crippen MR) is 171 cm³/mol. The summed E-state index contributed by atoms with van der Waals surface area (Å²) in [5.74, 6) is 2.53. The number of rotatable bonds is 3. The topological polar surface area (TPSA) is 13.1 Å². The number of hydrogen-bond donors (Lipinski definition) is 0. The summed E-state index contributed by atoms with van der Waals surface area (Å²) in [5.41, 5.74) is 8.25. The summed E-state index contributed by atoms with van der Waals surface area (Å²) < 4.78 is 9.34. The maximum Gasteiger partial charge on any atom is 0.228 e. The van der Waals surface area contributed by atoms with Crippen LogP contribution < -0.4 is 9.30 Å². The normalized spacial score (nSPS) is 13.4. The smallest absolute Gasteiger partial charge is 0.228 e. The van der Waals surface area contributed by atoms with Gasteiger partial charge in [-0.3, -0.25) is 0 Å². The molecule has 40 heavy (non-hydrogen) atoms. The third-order valence-corrected chi connectivity index (χ3v) is 8.55. The van der Waals surface area contributed by atoms with Crippen LogP contribution in [0.3, 0.4) is 0 Å². The lowest BCUT2D eigenvalue weighted by Gasteiger charge is -2.27. The maximum absolute atomic E-state index is 7.03. The van der Waals surface area contributed by atoms with Gasteiger partial charge in [-0.15, -0.1) is 0 Å². The van der Waals surface area contributed by atoms with Gasteiger partial charge in [0.2, 0.25) is 5.69 Å². The van der Waals surface area contributed by atoms with E-state index in [1.54, 1.807) is 0 Å². The first-order valence-electron chi connectivity index (χ1n) is 14.9. The summed E-state index contributed by atoms with van der Waals surface area (Å²) in [6, 6.07) is 18.6. The zero-order valence-corrected chi connectivity index (χ0v) is 26.0. The molecule has 0 saturated heterocycles. The average molecular weight is 531 g/mol. The molecule has 5 aromatic rings. The van der Waals surface area contributed by atoms with E-state index in [-0.39, 0.29) is 10.8 Å². The van der Waals surface area contributed by atoms with E-state index in [0.29, 0.717) is 5.92 Å². The number of benzene rings is 4. The minimum absolute atomic E-state index is 0.0909. The van der Waals surface area contributed by atoms with Crippen LogP contribution in [0.25, 0.3) is 43.6 Å². The molecule has 0 aliphatic carbocycles. The van der Waals surface area contributed by atoms with Gasteiger partial charge in [-0.25, -0.2) is 4.57 Å². The largest absolute Gasteiger partial charge is 0.455 e. The number of pyridine rings is 1. The quantitative estimate of drug-likeness (QED) is 0.164. The van der Waals surface area contributed by atoms with Crippen LogP contribution in [0.4, 0.5) is 0 Å². The summed E-state index contributed by atoms with van der Waals surface area (Å²) in [6.45, 7) is 20.7. The minimum Gasteiger partial charge on any atom is -0.455 e. The molecule has 0 amide bonds. The van der Waals surface area contributed by atoms with E-state index in [4.69, 9.17) is 4.74 Å². The Labute approximate surface area is 240 Å². The molecule has 2 heterocycles. The van der Waals surface area contributed by atoms with Gasteiger partial charge >= 0.3 is 0 Å². The lowest BCUT2D eigenvalue weighted by atomic mass is 9.82. The van der Waals surface area contributed by atoms with Gasteiger partial charge in [-0.2, -0.15) is 0 Å². The number of fused-ring (bicyclic) bond motifs is 5. The molecule has 1 aromatic heterocycles. The standard InChI is InChI=1S/C38H44NO/c1-22(2)17-31-27-14-11-24(21-37(4,5)6)18-29(27)23(3)33-35-34-28(15-16-39(35)10)30-20-26(38(7,8)9)13-12-25(30)19-32(34)40-36(31)33/h11-16,18-20,22H,17,21H2,1-10H3/q+1. The Balaban J connectivity index is 1.72. The molecule has 2 nitrogen and oxygen atoms in total. The molecule has 0 saturated carbocycles. The van der Waals surface area contributed by atoms with Gasteiger partial charge in [0.15, 0.2) is 6.20 Å². The van der Waals surface area contributed by atoms with E-state index < -0.39 is 0 Å². The second kappa shape index (κ2) is 9.06. The number of aromatic nitrogens is 1. The van der Waals surface area contributed by atoms with E-state index in [1.165, 1.54) is 65.8 Å². The van der Waals surface area contributed by atoms with Crippen LogP contribution in [0, 0.1) is 18.3 Å². The Morgan fingerprint density at radius 1 is 0.825 bits per heavy atom. The first kappa shape index (κ1) is 26.8. The number of nitrogens with zero attached hydrogens (tertiary/aromatic N) is 1. The number of aryl methyl sites for hydroxylation is 2. The first-order chi connectivity index (χ1) is 18.7. The highest BCUT2D eigenvalue weighted by atomic mass is 16.5. The highest BCUT2D eigenvalue weighted by molar-refractivity contribution is 6.16. The fourth-order valence-corrected chi connectivity index (χ4v) is 6.68. The highest BCUT2D eigenvalue weighted by Crippen LogP contribution is 2.52. The molecule has 0 bridgehead atoms. The van der Waals surface area contributed by atoms with Crippen molar-refractivity contribution >= 4 is 32.3 Å². The molecule has 0 N–H and O–H groups in total. The molecule has 2 heteroatoms. The lowest BCUT2D eigenvalue weighted by Crippen LogP contribution is -2.32. The van der Waals surface area contributed by atoms with Crippen LogP contribution in [-0.4, -0.2) is 0 Å². The van der Waals surface area contributed by atoms with Crippen LogP contribution in [0.1, 0.15) is 77.6 Å². The Kier molecular flexibility index (Phi) is 6.07. The van der Waals surface area contributed by atoms with Crippen molar-refractivity contribution in [2.45, 2.75) is 80.6 Å². The number of hydrogen-bond acceptors (Lipinski definition) is 1. The summed E-state index contributed by atoms with van der Waals surface area (Å²) in [7, 11) is 2.19. The molecular formula is C38H44NO+. The minimum atomic E-state index is 0.0909. The Morgan fingerprint density at radius 3 is 2.25 bits per heavy atom. The van der Waals surface area contributed by atoms with E-state index in [1.807, 2.05) is 0 Å². The summed E-state index contributed by atoms with van der Waals surface area (Å²) in [4.78, 5) is 0. The molecule has 0 unspecified atom stereocenters. The van der Waals surface area contributed by atoms with Gasteiger partial charge in [0, 0.05) is 17.0 Å². The SMILES string of the molecule is Cc1c2c(c(CC(C)C)c3ccc(CC(C)(C)C)cc13)Oc1cc3ccc(C(C)(C)C)cc3c3cc[n+](C)c-2c13. The monoisotopic (exact) mass is 530 g/mol. The van der Waals surface area contributed by atoms with Gasteiger partial charge in [-0.1, -0.05) is 85.7 Å². The summed E-state index contributed by atoms with van der Waals surface area (Å²) in [5, 5.41) is 7.71. The summed E-state index contributed by atoms with van der Waals surface area (Å²) >= 11 is 0. The second-order valence-corrected chi connectivity index (χ2v) is 14.7. The molecule has 206 valence electrons. The molecule has 1 aliphatic heterocycles. The molecule has 1 aliphatic rings. The third-order valence-electron chi connectivity index (χ3n) is 8.55. The molecule has 4 aromatic carbocycles. The first-order valence-corrected chi connectivity index (χ1v) is 14.9. The fourth-order valence-electron chi connectivity index (χ4n) is 6.68. The molecule has 0 radical (unpaired) electrons. The number of ether oxygens (including phenoxy) is 1.